The van der Waals surface area contributed by atoms with Crippen LogP contribution >= 0.6 is 11.8 Å². The van der Waals surface area contributed by atoms with Gasteiger partial charge in [0.05, 0.1) is 12.7 Å². The van der Waals surface area contributed by atoms with Gasteiger partial charge in [-0.15, -0.1) is 0 Å². The highest BCUT2D eigenvalue weighted by molar-refractivity contribution is 8.00. The van der Waals surface area contributed by atoms with Crippen molar-refractivity contribution in [1.82, 2.24) is 0 Å². The maximum Gasteiger partial charge on any atom is 0.441 e. The highest BCUT2D eigenvalue weighted by Gasteiger charge is 2.27. The number of rotatable bonds is 5. The molecule has 0 saturated heterocycles. The maximum atomic E-state index is 11.9. The summed E-state index contributed by atoms with van der Waals surface area (Å²) in [7, 11) is 0. The van der Waals surface area contributed by atoms with E-state index in [2.05, 4.69) is 0 Å². The highest BCUT2D eigenvalue weighted by atomic mass is 32.2. The van der Waals surface area contributed by atoms with Gasteiger partial charge in [0.15, 0.2) is 0 Å². The Balaban J connectivity index is 2.57. The lowest BCUT2D eigenvalue weighted by Gasteiger charge is -2.14. The van der Waals surface area contributed by atoms with Crippen molar-refractivity contribution in [2.75, 3.05) is 12.4 Å². The number of aliphatic hydroxyl groups is 1. The van der Waals surface area contributed by atoms with Crippen LogP contribution in [0.3, 0.4) is 0 Å². The molecule has 0 aliphatic heterocycles. The molecule has 0 bridgehead atoms. The minimum absolute atomic E-state index is 0.0487. The number of hydrogen-bond acceptors (Lipinski definition) is 3. The van der Waals surface area contributed by atoms with E-state index in [-0.39, 0.29) is 24.1 Å². The molecule has 18 heavy (non-hydrogen) atoms. The van der Waals surface area contributed by atoms with Crippen LogP contribution in [0.4, 0.5) is 13.2 Å². The summed E-state index contributed by atoms with van der Waals surface area (Å²) in [6.07, 6.45) is -0.713. The Kier molecular flexibility index (Phi) is 5.34. The number of hydrogen-bond donors (Lipinski definition) is 1. The molecule has 1 aromatic carbocycles. The predicted molar refractivity (Wildman–Crippen MR) is 65.8 cm³/mol. The lowest BCUT2D eigenvalue weighted by molar-refractivity contribution is -0.0329. The van der Waals surface area contributed by atoms with Crippen LogP contribution in [0.1, 0.15) is 24.2 Å². The zero-order valence-corrected chi connectivity index (χ0v) is 10.9. The van der Waals surface area contributed by atoms with Crippen LogP contribution in [0.5, 0.6) is 5.75 Å². The molecule has 0 saturated carbocycles. The summed E-state index contributed by atoms with van der Waals surface area (Å²) in [5, 5.41) is 9.55. The Morgan fingerprint density at radius 2 is 2.06 bits per heavy atom. The molecule has 1 aromatic rings. The molecule has 0 fully saturated rings. The molecule has 0 amide bonds. The zero-order chi connectivity index (χ0) is 13.8. The van der Waals surface area contributed by atoms with E-state index >= 15 is 0 Å². The first-order valence-corrected chi connectivity index (χ1v) is 6.40. The molecular weight excluding hydrogens is 265 g/mol. The van der Waals surface area contributed by atoms with Gasteiger partial charge in [-0.2, -0.15) is 13.2 Å². The molecule has 1 atom stereocenters. The topological polar surface area (TPSA) is 29.5 Å². The number of aryl methyl sites for hydroxylation is 1. The number of benzene rings is 1. The third kappa shape index (κ3) is 5.18. The summed E-state index contributed by atoms with van der Waals surface area (Å²) in [6.45, 7) is 3.41. The quantitative estimate of drug-likeness (QED) is 0.834. The predicted octanol–water partition coefficient (Wildman–Crippen LogP) is 3.68. The van der Waals surface area contributed by atoms with Crippen LogP contribution in [0.2, 0.25) is 0 Å². The van der Waals surface area contributed by atoms with Gasteiger partial charge in [-0.1, -0.05) is 11.6 Å². The highest BCUT2D eigenvalue weighted by Crippen LogP contribution is 2.30. The average Bonchev–Trinajstić information content (AvgIpc) is 2.24. The number of halogens is 3. The minimum Gasteiger partial charge on any atom is -0.492 e. The van der Waals surface area contributed by atoms with Gasteiger partial charge in [-0.3, -0.25) is 0 Å². The molecule has 2 nitrogen and oxygen atoms in total. The third-order valence-electron chi connectivity index (χ3n) is 2.22. The van der Waals surface area contributed by atoms with Gasteiger partial charge < -0.3 is 9.84 Å². The van der Waals surface area contributed by atoms with Crippen molar-refractivity contribution in [3.63, 3.8) is 0 Å². The number of alkyl halides is 3. The van der Waals surface area contributed by atoms with Crippen LogP contribution in [-0.4, -0.2) is 23.0 Å². The van der Waals surface area contributed by atoms with Gasteiger partial charge in [0.25, 0.3) is 0 Å². The van der Waals surface area contributed by atoms with Crippen molar-refractivity contribution in [3.05, 3.63) is 29.3 Å². The van der Waals surface area contributed by atoms with Gasteiger partial charge >= 0.3 is 5.51 Å². The molecule has 1 N–H and O–H groups in total. The van der Waals surface area contributed by atoms with E-state index in [1.54, 1.807) is 25.1 Å². The van der Waals surface area contributed by atoms with Gasteiger partial charge in [-0.25, -0.2) is 0 Å². The van der Waals surface area contributed by atoms with Gasteiger partial charge in [0.2, 0.25) is 0 Å². The normalized spacial score (nSPS) is 13.4. The minimum atomic E-state index is -4.23. The Bertz CT molecular complexity index is 391. The largest absolute Gasteiger partial charge is 0.492 e. The molecule has 0 aromatic heterocycles. The summed E-state index contributed by atoms with van der Waals surface area (Å²) >= 11 is -0.117. The smallest absolute Gasteiger partial charge is 0.441 e. The molecule has 6 heteroatoms. The maximum absolute atomic E-state index is 11.9. The summed E-state index contributed by atoms with van der Waals surface area (Å²) < 4.78 is 41.0. The van der Waals surface area contributed by atoms with E-state index in [1.807, 2.05) is 6.92 Å². The molecule has 1 rings (SSSR count). The van der Waals surface area contributed by atoms with Crippen molar-refractivity contribution >= 4 is 11.8 Å². The summed E-state index contributed by atoms with van der Waals surface area (Å²) in [6, 6.07) is 5.21. The summed E-state index contributed by atoms with van der Waals surface area (Å²) in [4.78, 5) is 0. The fourth-order valence-corrected chi connectivity index (χ4v) is 1.83. The molecule has 0 aliphatic carbocycles. The van der Waals surface area contributed by atoms with E-state index in [1.165, 1.54) is 0 Å². The molecule has 0 aliphatic rings. The molecule has 102 valence electrons. The lowest BCUT2D eigenvalue weighted by Crippen LogP contribution is -2.09. The third-order valence-corrected chi connectivity index (χ3v) is 2.92. The summed E-state index contributed by atoms with van der Waals surface area (Å²) in [5.41, 5.74) is -2.68. The van der Waals surface area contributed by atoms with Crippen LogP contribution in [-0.2, 0) is 0 Å². The van der Waals surface area contributed by atoms with Crippen LogP contribution in [0.25, 0.3) is 0 Å². The SMILES string of the molecule is Cc1ccc(OCCSC(F)(F)F)c([C@H](C)O)c1. The molecule has 0 spiro atoms. The van der Waals surface area contributed by atoms with Gasteiger partial charge in [-0.05, 0) is 37.7 Å². The second-order valence-corrected chi connectivity index (χ2v) is 5.02. The number of thioether (sulfide) groups is 1. The zero-order valence-electron chi connectivity index (χ0n) is 10.1. The standard InChI is InChI=1S/C12H15F3O2S/c1-8-3-4-11(10(7-8)9(2)16)17-5-6-18-12(13,14)15/h3-4,7,9,16H,5-6H2,1-2H3/t9-/m0/s1. The molecule has 0 heterocycles. The molecule has 0 radical (unpaired) electrons. The van der Waals surface area contributed by atoms with E-state index < -0.39 is 11.6 Å². The Morgan fingerprint density at radius 3 is 2.61 bits per heavy atom. The first-order chi connectivity index (χ1) is 8.29. The van der Waals surface area contributed by atoms with Crippen molar-refractivity contribution in [2.45, 2.75) is 25.5 Å². The fourth-order valence-electron chi connectivity index (χ4n) is 1.43. The van der Waals surface area contributed by atoms with Crippen molar-refractivity contribution in [3.8, 4) is 5.75 Å². The van der Waals surface area contributed by atoms with E-state index in [4.69, 9.17) is 4.74 Å². The van der Waals surface area contributed by atoms with Crippen LogP contribution in [0.15, 0.2) is 18.2 Å². The number of ether oxygens (including phenoxy) is 1. The Labute approximate surface area is 108 Å². The molecule has 0 unspecified atom stereocenters. The van der Waals surface area contributed by atoms with Crippen molar-refractivity contribution in [1.29, 1.82) is 0 Å². The average molecular weight is 280 g/mol. The first-order valence-electron chi connectivity index (χ1n) is 5.41. The van der Waals surface area contributed by atoms with Crippen molar-refractivity contribution in [2.24, 2.45) is 0 Å². The summed E-state index contributed by atoms with van der Waals surface area (Å²) in [5.74, 6) is 0.259. The Hall–Kier alpha value is -0.880. The fraction of sp³-hybridized carbons (Fsp3) is 0.500. The molecular formula is C12H15F3O2S. The second-order valence-electron chi connectivity index (χ2n) is 3.86. The monoisotopic (exact) mass is 280 g/mol. The lowest BCUT2D eigenvalue weighted by atomic mass is 10.1. The van der Waals surface area contributed by atoms with Gasteiger partial charge in [0, 0.05) is 11.3 Å². The number of aliphatic hydroxyl groups excluding tert-OH is 1. The van der Waals surface area contributed by atoms with E-state index in [9.17, 15) is 18.3 Å². The second kappa shape index (κ2) is 6.33. The Morgan fingerprint density at radius 1 is 1.39 bits per heavy atom. The first kappa shape index (κ1) is 15.2. The van der Waals surface area contributed by atoms with E-state index in [0.29, 0.717) is 11.3 Å². The van der Waals surface area contributed by atoms with Crippen LogP contribution in [0, 0.1) is 6.92 Å². The van der Waals surface area contributed by atoms with Crippen molar-refractivity contribution < 1.29 is 23.0 Å². The van der Waals surface area contributed by atoms with Gasteiger partial charge in [0.1, 0.15) is 5.75 Å². The van der Waals surface area contributed by atoms with Crippen LogP contribution < -0.4 is 4.74 Å². The van der Waals surface area contributed by atoms with E-state index in [0.717, 1.165) is 5.56 Å².